The molecule has 0 bridgehead atoms. The van der Waals surface area contributed by atoms with Crippen LogP contribution in [0.2, 0.25) is 0 Å². The van der Waals surface area contributed by atoms with Crippen molar-refractivity contribution in [2.45, 2.75) is 62.2 Å². The van der Waals surface area contributed by atoms with Gasteiger partial charge in [-0.1, -0.05) is 61.1 Å². The summed E-state index contributed by atoms with van der Waals surface area (Å²) < 4.78 is 0. The first-order valence-corrected chi connectivity index (χ1v) is 12.0. The van der Waals surface area contributed by atoms with Crippen molar-refractivity contribution < 1.29 is 0 Å². The van der Waals surface area contributed by atoms with E-state index in [2.05, 4.69) is 73.0 Å². The van der Waals surface area contributed by atoms with E-state index in [1.807, 2.05) is 21.6 Å². The number of benzene rings is 2. The number of nitrogens with one attached hydrogen (secondary N) is 2. The monoisotopic (exact) mass is 388 g/mol. The number of anilines is 2. The lowest BCUT2D eigenvalue weighted by Crippen LogP contribution is -2.00. The van der Waals surface area contributed by atoms with Gasteiger partial charge in [-0.2, -0.15) is 0 Å². The molecule has 26 heavy (non-hydrogen) atoms. The van der Waals surface area contributed by atoms with Crippen LogP contribution in [0.3, 0.4) is 0 Å². The van der Waals surface area contributed by atoms with Crippen molar-refractivity contribution in [1.82, 2.24) is 0 Å². The molecule has 2 rings (SSSR count). The minimum absolute atomic E-state index is 1.06. The fraction of sp³-hybridized carbons (Fsp3) is 0.455. The third kappa shape index (κ3) is 8.41. The molecule has 0 amide bonds. The van der Waals surface area contributed by atoms with Crippen molar-refractivity contribution in [3.05, 3.63) is 48.5 Å². The van der Waals surface area contributed by atoms with Crippen LogP contribution in [0.15, 0.2) is 58.3 Å². The van der Waals surface area contributed by atoms with E-state index in [9.17, 15) is 0 Å². The van der Waals surface area contributed by atoms with Crippen molar-refractivity contribution in [2.24, 2.45) is 0 Å². The summed E-state index contributed by atoms with van der Waals surface area (Å²) in [4.78, 5) is 2.58. The quantitative estimate of drug-likeness (QED) is 0.271. The van der Waals surface area contributed by atoms with E-state index >= 15 is 0 Å². The molecule has 0 aromatic heterocycles. The van der Waals surface area contributed by atoms with Crippen LogP contribution in [0.5, 0.6) is 0 Å². The van der Waals surface area contributed by atoms with Crippen molar-refractivity contribution in [1.29, 1.82) is 0 Å². The fourth-order valence-electron chi connectivity index (χ4n) is 2.57. The molecule has 0 spiro atoms. The first-order chi connectivity index (χ1) is 12.8. The van der Waals surface area contributed by atoms with E-state index in [4.69, 9.17) is 0 Å². The van der Waals surface area contributed by atoms with E-state index in [1.54, 1.807) is 0 Å². The number of hydrogen-bond donors (Lipinski definition) is 2. The van der Waals surface area contributed by atoms with Crippen LogP contribution < -0.4 is 10.6 Å². The zero-order valence-electron chi connectivity index (χ0n) is 16.1. The molecule has 2 aromatic carbocycles. The lowest BCUT2D eigenvalue weighted by Gasteiger charge is -2.08. The predicted octanol–water partition coefficient (Wildman–Crippen LogP) is 7.69. The summed E-state index contributed by atoms with van der Waals surface area (Å²) in [5, 5.41) is 6.98. The van der Waals surface area contributed by atoms with Gasteiger partial charge in [-0.15, -0.1) is 0 Å². The third-order valence-corrected chi connectivity index (χ3v) is 6.58. The van der Waals surface area contributed by atoms with Crippen LogP contribution >= 0.6 is 21.6 Å². The minimum Gasteiger partial charge on any atom is -0.385 e. The molecular formula is C22H32N2S2. The van der Waals surface area contributed by atoms with Crippen molar-refractivity contribution in [3.8, 4) is 0 Å². The molecule has 142 valence electrons. The number of hydrogen-bond acceptors (Lipinski definition) is 4. The molecule has 2 nitrogen and oxygen atoms in total. The Morgan fingerprint density at radius 1 is 0.577 bits per heavy atom. The maximum Gasteiger partial charge on any atom is 0.0340 e. The molecule has 2 N–H and O–H groups in total. The predicted molar refractivity (Wildman–Crippen MR) is 121 cm³/mol. The summed E-state index contributed by atoms with van der Waals surface area (Å²) in [5.74, 6) is 0. The zero-order chi connectivity index (χ0) is 18.5. The highest BCUT2D eigenvalue weighted by atomic mass is 33.1. The van der Waals surface area contributed by atoms with Crippen molar-refractivity contribution in [2.75, 3.05) is 23.7 Å². The first-order valence-electron chi connectivity index (χ1n) is 9.84. The first kappa shape index (κ1) is 21.0. The molecule has 0 heterocycles. The highest BCUT2D eigenvalue weighted by molar-refractivity contribution is 8.76. The van der Waals surface area contributed by atoms with Crippen LogP contribution in [0.1, 0.15) is 52.4 Å². The topological polar surface area (TPSA) is 24.1 Å². The lowest BCUT2D eigenvalue weighted by atomic mass is 10.2. The van der Waals surface area contributed by atoms with Crippen LogP contribution in [0.4, 0.5) is 11.4 Å². The van der Waals surface area contributed by atoms with Gasteiger partial charge >= 0.3 is 0 Å². The van der Waals surface area contributed by atoms with Crippen LogP contribution in [0, 0.1) is 0 Å². The summed E-state index contributed by atoms with van der Waals surface area (Å²) in [5.41, 5.74) is 2.43. The second-order valence-electron chi connectivity index (χ2n) is 6.48. The molecule has 0 radical (unpaired) electrons. The van der Waals surface area contributed by atoms with Gasteiger partial charge in [0.15, 0.2) is 0 Å². The van der Waals surface area contributed by atoms with Gasteiger partial charge in [-0.25, -0.2) is 0 Å². The third-order valence-electron chi connectivity index (χ3n) is 4.16. The zero-order valence-corrected chi connectivity index (χ0v) is 17.7. The molecule has 0 saturated heterocycles. The Labute approximate surface area is 167 Å². The maximum absolute atomic E-state index is 3.49. The Balaban J connectivity index is 1.70. The average Bonchev–Trinajstić information content (AvgIpc) is 2.69. The average molecular weight is 389 g/mol. The SMILES string of the molecule is CCCCCNc1ccc(SSc2ccc(NCCCCC)cc2)cc1. The Morgan fingerprint density at radius 2 is 0.962 bits per heavy atom. The van der Waals surface area contributed by atoms with Crippen LogP contribution in [0.25, 0.3) is 0 Å². The Kier molecular flexibility index (Phi) is 10.5. The Morgan fingerprint density at radius 3 is 1.31 bits per heavy atom. The van der Waals surface area contributed by atoms with Crippen LogP contribution in [-0.4, -0.2) is 13.1 Å². The van der Waals surface area contributed by atoms with Crippen molar-refractivity contribution in [3.63, 3.8) is 0 Å². The molecule has 0 atom stereocenters. The highest BCUT2D eigenvalue weighted by Gasteiger charge is 2.00. The second-order valence-corrected chi connectivity index (χ2v) is 8.76. The van der Waals surface area contributed by atoms with Gasteiger partial charge in [-0.05, 0) is 61.4 Å². The Hall–Kier alpha value is -1.26. The molecule has 0 aliphatic carbocycles. The molecule has 4 heteroatoms. The van der Waals surface area contributed by atoms with Gasteiger partial charge in [0.25, 0.3) is 0 Å². The minimum atomic E-state index is 1.06. The maximum atomic E-state index is 3.49. The smallest absolute Gasteiger partial charge is 0.0340 e. The normalized spacial score (nSPS) is 10.7. The number of rotatable bonds is 13. The fourth-order valence-corrected chi connectivity index (χ4v) is 4.50. The van der Waals surface area contributed by atoms with Crippen LogP contribution in [-0.2, 0) is 0 Å². The van der Waals surface area contributed by atoms with Gasteiger partial charge in [0, 0.05) is 34.3 Å². The summed E-state index contributed by atoms with van der Waals surface area (Å²) in [6.45, 7) is 6.60. The van der Waals surface area contributed by atoms with E-state index < -0.39 is 0 Å². The molecule has 0 unspecified atom stereocenters. The molecule has 0 aliphatic heterocycles. The van der Waals surface area contributed by atoms with Gasteiger partial charge in [-0.3, -0.25) is 0 Å². The van der Waals surface area contributed by atoms with E-state index in [-0.39, 0.29) is 0 Å². The second kappa shape index (κ2) is 13.0. The largest absolute Gasteiger partial charge is 0.385 e. The molecule has 2 aromatic rings. The van der Waals surface area contributed by atoms with Crippen molar-refractivity contribution >= 4 is 33.0 Å². The standard InChI is InChI=1S/C22H32N2S2/c1-3-5-7-17-23-19-9-13-21(14-10-19)25-26-22-15-11-20(12-16-22)24-18-8-6-4-2/h9-16,23-24H,3-8,17-18H2,1-2H3. The number of unbranched alkanes of at least 4 members (excludes halogenated alkanes) is 4. The Bertz CT molecular complexity index is 541. The summed E-state index contributed by atoms with van der Waals surface area (Å²) >= 11 is 0. The van der Waals surface area contributed by atoms with Gasteiger partial charge in [0.05, 0.1) is 0 Å². The molecule has 0 aliphatic rings. The van der Waals surface area contributed by atoms with E-state index in [1.165, 1.54) is 59.7 Å². The van der Waals surface area contributed by atoms with Gasteiger partial charge < -0.3 is 10.6 Å². The van der Waals surface area contributed by atoms with E-state index in [0.717, 1.165) is 13.1 Å². The lowest BCUT2D eigenvalue weighted by molar-refractivity contribution is 0.744. The summed E-state index contributed by atoms with van der Waals surface area (Å²) in [6.07, 6.45) is 7.61. The van der Waals surface area contributed by atoms with Gasteiger partial charge in [0.1, 0.15) is 0 Å². The van der Waals surface area contributed by atoms with Gasteiger partial charge in [0.2, 0.25) is 0 Å². The highest BCUT2D eigenvalue weighted by Crippen LogP contribution is 2.38. The molecule has 0 saturated carbocycles. The van der Waals surface area contributed by atoms with E-state index in [0.29, 0.717) is 0 Å². The summed E-state index contributed by atoms with van der Waals surface area (Å²) in [7, 11) is 3.63. The summed E-state index contributed by atoms with van der Waals surface area (Å²) in [6, 6.07) is 17.5. The molecule has 0 fully saturated rings. The molecular weight excluding hydrogens is 356 g/mol.